The number of fused-ring (bicyclic) bond motifs is 1. The zero-order valence-electron chi connectivity index (χ0n) is 9.87. The molecule has 0 saturated carbocycles. The summed E-state index contributed by atoms with van der Waals surface area (Å²) in [5.41, 5.74) is 6.65. The number of hydrogen-bond acceptors (Lipinski definition) is 5. The Morgan fingerprint density at radius 2 is 2.21 bits per heavy atom. The number of aliphatic imine (C=N–C) groups is 1. The Balaban J connectivity index is 2.09. The summed E-state index contributed by atoms with van der Waals surface area (Å²) in [4.78, 5) is 27.8. The van der Waals surface area contributed by atoms with Crippen molar-refractivity contribution in [2.24, 2.45) is 16.6 Å². The van der Waals surface area contributed by atoms with Gasteiger partial charge in [-0.05, 0) is 12.0 Å². The van der Waals surface area contributed by atoms with Crippen molar-refractivity contribution in [3.05, 3.63) is 22.0 Å². The zero-order chi connectivity index (χ0) is 13.6. The van der Waals surface area contributed by atoms with E-state index in [-0.39, 0.29) is 23.7 Å². The first-order chi connectivity index (χ1) is 9.08. The Labute approximate surface area is 117 Å². The summed E-state index contributed by atoms with van der Waals surface area (Å²) in [5.74, 6) is -0.508. The van der Waals surface area contributed by atoms with Gasteiger partial charge in [0.05, 0.1) is 0 Å². The van der Waals surface area contributed by atoms with Gasteiger partial charge in [-0.1, -0.05) is 15.9 Å². The smallest absolute Gasteiger partial charge is 0.276 e. The molecule has 1 fully saturated rings. The highest BCUT2D eigenvalue weighted by molar-refractivity contribution is 9.11. The highest BCUT2D eigenvalue weighted by Crippen LogP contribution is 2.37. The maximum absolute atomic E-state index is 11.9. The van der Waals surface area contributed by atoms with Crippen LogP contribution in [0, 0.1) is 5.92 Å². The molecule has 100 valence electrons. The molecule has 7 nitrogen and oxygen atoms in total. The molecule has 0 aromatic heterocycles. The summed E-state index contributed by atoms with van der Waals surface area (Å²) in [6, 6.07) is -0.413. The molecule has 3 aliphatic rings. The molecular weight excluding hydrogens is 314 g/mol. The molecule has 2 amide bonds. The number of nitrogens with one attached hydrogen (secondary N) is 3. The molecular formula is C11H12BrN5O2. The lowest BCUT2D eigenvalue weighted by Crippen LogP contribution is -2.42. The molecule has 0 aliphatic carbocycles. The molecule has 0 aromatic rings. The number of guanidine groups is 1. The lowest BCUT2D eigenvalue weighted by molar-refractivity contribution is -0.123. The number of nitrogens with zero attached hydrogens (tertiary/aromatic N) is 1. The Morgan fingerprint density at radius 1 is 1.42 bits per heavy atom. The highest BCUT2D eigenvalue weighted by Gasteiger charge is 2.41. The van der Waals surface area contributed by atoms with Crippen LogP contribution in [0.5, 0.6) is 0 Å². The van der Waals surface area contributed by atoms with Gasteiger partial charge >= 0.3 is 0 Å². The van der Waals surface area contributed by atoms with Gasteiger partial charge < -0.3 is 16.4 Å². The second kappa shape index (κ2) is 4.37. The normalized spacial score (nSPS) is 33.7. The molecule has 3 rings (SSSR count). The minimum Gasteiger partial charge on any atom is -0.378 e. The molecule has 19 heavy (non-hydrogen) atoms. The van der Waals surface area contributed by atoms with E-state index in [9.17, 15) is 9.59 Å². The van der Waals surface area contributed by atoms with Crippen molar-refractivity contribution in [1.82, 2.24) is 16.0 Å². The molecule has 2 unspecified atom stereocenters. The van der Waals surface area contributed by atoms with Gasteiger partial charge in [0.1, 0.15) is 11.7 Å². The minimum atomic E-state index is -0.413. The first kappa shape index (κ1) is 12.2. The predicted octanol–water partition coefficient (Wildman–Crippen LogP) is -0.971. The van der Waals surface area contributed by atoms with Crippen LogP contribution in [0.2, 0.25) is 0 Å². The molecule has 0 aromatic carbocycles. The third kappa shape index (κ3) is 1.92. The van der Waals surface area contributed by atoms with Crippen LogP contribution >= 0.6 is 15.9 Å². The standard InChI is InChI=1S/C11H12BrN5O2/c12-5-3-15-8-6(5)4(1-2-14-9(8)18)7-10(19)17-11(13)16-7/h3,6,8,15H,1-2H2,(H,14,18)(H3,13,16,17,19)/b7-4+. The van der Waals surface area contributed by atoms with E-state index in [1.807, 2.05) is 0 Å². The topological polar surface area (TPSA) is 109 Å². The van der Waals surface area contributed by atoms with Crippen molar-refractivity contribution in [3.8, 4) is 0 Å². The first-order valence-corrected chi connectivity index (χ1v) is 6.65. The summed E-state index contributed by atoms with van der Waals surface area (Å²) < 4.78 is 0.838. The van der Waals surface area contributed by atoms with E-state index in [4.69, 9.17) is 5.73 Å². The van der Waals surface area contributed by atoms with Crippen LogP contribution in [-0.4, -0.2) is 30.4 Å². The van der Waals surface area contributed by atoms with Crippen LogP contribution in [-0.2, 0) is 9.59 Å². The maximum Gasteiger partial charge on any atom is 0.276 e. The average molecular weight is 326 g/mol. The van der Waals surface area contributed by atoms with E-state index in [1.165, 1.54) is 0 Å². The van der Waals surface area contributed by atoms with Gasteiger partial charge in [0, 0.05) is 23.1 Å². The zero-order valence-corrected chi connectivity index (χ0v) is 11.5. The quantitative estimate of drug-likeness (QED) is 0.430. The molecule has 0 radical (unpaired) electrons. The maximum atomic E-state index is 11.9. The van der Waals surface area contributed by atoms with E-state index in [1.54, 1.807) is 6.20 Å². The van der Waals surface area contributed by atoms with Crippen LogP contribution in [0.15, 0.2) is 26.9 Å². The van der Waals surface area contributed by atoms with Crippen LogP contribution in [0.3, 0.4) is 0 Å². The van der Waals surface area contributed by atoms with Crippen LogP contribution in [0.25, 0.3) is 0 Å². The molecule has 2 atom stereocenters. The van der Waals surface area contributed by atoms with Crippen LogP contribution < -0.4 is 21.7 Å². The lowest BCUT2D eigenvalue weighted by atomic mass is 9.90. The first-order valence-electron chi connectivity index (χ1n) is 5.86. The summed E-state index contributed by atoms with van der Waals surface area (Å²) in [5, 5.41) is 8.29. The average Bonchev–Trinajstić information content (AvgIpc) is 2.83. The van der Waals surface area contributed by atoms with E-state index in [2.05, 4.69) is 36.9 Å². The second-order valence-electron chi connectivity index (χ2n) is 4.52. The van der Waals surface area contributed by atoms with Gasteiger partial charge in [-0.15, -0.1) is 0 Å². The van der Waals surface area contributed by atoms with Crippen molar-refractivity contribution >= 4 is 33.7 Å². The highest BCUT2D eigenvalue weighted by atomic mass is 79.9. The van der Waals surface area contributed by atoms with Crippen molar-refractivity contribution in [1.29, 1.82) is 0 Å². The molecule has 0 spiro atoms. The third-order valence-electron chi connectivity index (χ3n) is 3.38. The van der Waals surface area contributed by atoms with Gasteiger partial charge in [0.15, 0.2) is 0 Å². The van der Waals surface area contributed by atoms with Gasteiger partial charge in [0.2, 0.25) is 11.9 Å². The number of carbonyl (C=O) groups excluding carboxylic acids is 2. The summed E-state index contributed by atoms with van der Waals surface area (Å²) in [6.45, 7) is 0.481. The number of rotatable bonds is 0. The molecule has 3 aliphatic heterocycles. The number of hydrogen-bond donors (Lipinski definition) is 4. The largest absolute Gasteiger partial charge is 0.378 e. The van der Waals surface area contributed by atoms with Crippen molar-refractivity contribution in [2.45, 2.75) is 12.5 Å². The van der Waals surface area contributed by atoms with Gasteiger partial charge in [-0.25, -0.2) is 4.99 Å². The van der Waals surface area contributed by atoms with Gasteiger partial charge in [0.25, 0.3) is 5.91 Å². The van der Waals surface area contributed by atoms with Crippen molar-refractivity contribution in [2.75, 3.05) is 6.54 Å². The van der Waals surface area contributed by atoms with Gasteiger partial charge in [-0.2, -0.15) is 0 Å². The molecule has 3 heterocycles. The predicted molar refractivity (Wildman–Crippen MR) is 71.8 cm³/mol. The van der Waals surface area contributed by atoms with E-state index in [0.29, 0.717) is 18.7 Å². The summed E-state index contributed by atoms with van der Waals surface area (Å²) in [7, 11) is 0. The van der Waals surface area contributed by atoms with E-state index < -0.39 is 6.04 Å². The number of amides is 2. The van der Waals surface area contributed by atoms with Crippen molar-refractivity contribution < 1.29 is 9.59 Å². The van der Waals surface area contributed by atoms with Crippen LogP contribution in [0.1, 0.15) is 6.42 Å². The fourth-order valence-corrected chi connectivity index (χ4v) is 3.23. The Hall–Kier alpha value is -1.83. The molecule has 1 saturated heterocycles. The fraction of sp³-hybridized carbons (Fsp3) is 0.364. The molecule has 5 N–H and O–H groups in total. The lowest BCUT2D eigenvalue weighted by Gasteiger charge is -2.19. The third-order valence-corrected chi connectivity index (χ3v) is 4.10. The summed E-state index contributed by atoms with van der Waals surface area (Å²) in [6.07, 6.45) is 2.30. The van der Waals surface area contributed by atoms with Gasteiger partial charge in [-0.3, -0.25) is 14.9 Å². The Kier molecular flexibility index (Phi) is 2.81. The van der Waals surface area contributed by atoms with E-state index >= 15 is 0 Å². The van der Waals surface area contributed by atoms with E-state index in [0.717, 1.165) is 10.1 Å². The number of carbonyl (C=O) groups is 2. The monoisotopic (exact) mass is 325 g/mol. The molecule has 0 bridgehead atoms. The number of halogens is 1. The minimum absolute atomic E-state index is 0.0818. The second-order valence-corrected chi connectivity index (χ2v) is 5.43. The summed E-state index contributed by atoms with van der Waals surface area (Å²) >= 11 is 3.44. The Bertz CT molecular complexity index is 565. The Morgan fingerprint density at radius 3 is 2.89 bits per heavy atom. The van der Waals surface area contributed by atoms with Crippen LogP contribution in [0.4, 0.5) is 0 Å². The number of nitrogens with two attached hydrogens (primary N) is 1. The molecule has 8 heteroatoms. The van der Waals surface area contributed by atoms with Crippen molar-refractivity contribution in [3.63, 3.8) is 0 Å². The fourth-order valence-electron chi connectivity index (χ4n) is 2.55. The SMILES string of the molecule is NC1=N/C(=C2\CCNC(=O)C3NC=C(Br)C23)C(=O)N1.